The van der Waals surface area contributed by atoms with Gasteiger partial charge in [-0.2, -0.15) is 0 Å². The number of carbonyl (C=O) groups excluding carboxylic acids is 1. The van der Waals surface area contributed by atoms with E-state index in [0.29, 0.717) is 25.9 Å². The summed E-state index contributed by atoms with van der Waals surface area (Å²) in [6.45, 7) is 1.32. The van der Waals surface area contributed by atoms with Crippen molar-refractivity contribution in [3.05, 3.63) is 77.9 Å². The van der Waals surface area contributed by atoms with E-state index in [1.807, 2.05) is 59.5 Å². The van der Waals surface area contributed by atoms with Gasteiger partial charge >= 0.3 is 0 Å². The molecule has 2 heterocycles. The number of carbonyl (C=O) groups is 1. The highest BCUT2D eigenvalue weighted by Crippen LogP contribution is 2.42. The molecule has 0 saturated carbocycles. The maximum Gasteiger partial charge on any atom is 0.246 e. The molecule has 4 nitrogen and oxygen atoms in total. The molecule has 0 radical (unpaired) electrons. The zero-order valence-corrected chi connectivity index (χ0v) is 16.0. The predicted octanol–water partition coefficient (Wildman–Crippen LogP) is 3.97. The van der Waals surface area contributed by atoms with Crippen LogP contribution < -0.4 is 0 Å². The number of nitrogens with zero attached hydrogens (tertiary/aromatic N) is 1. The van der Waals surface area contributed by atoms with E-state index in [2.05, 4.69) is 12.1 Å². The lowest BCUT2D eigenvalue weighted by Gasteiger charge is -2.48. The van der Waals surface area contributed by atoms with Crippen molar-refractivity contribution in [3.63, 3.8) is 0 Å². The minimum atomic E-state index is -0.362. The van der Waals surface area contributed by atoms with E-state index in [1.165, 1.54) is 0 Å². The lowest BCUT2D eigenvalue weighted by Crippen LogP contribution is -2.52. The van der Waals surface area contributed by atoms with Gasteiger partial charge < -0.3 is 14.7 Å². The van der Waals surface area contributed by atoms with Crippen LogP contribution in [0.1, 0.15) is 42.9 Å². The average Bonchev–Trinajstić information content (AvgIpc) is 2.73. The Balaban J connectivity index is 1.38. The smallest absolute Gasteiger partial charge is 0.246 e. The third-order valence-electron chi connectivity index (χ3n) is 5.86. The van der Waals surface area contributed by atoms with Crippen molar-refractivity contribution in [1.29, 1.82) is 0 Å². The molecule has 1 N–H and O–H groups in total. The number of piperidine rings is 1. The predicted molar refractivity (Wildman–Crippen MR) is 110 cm³/mol. The fourth-order valence-electron chi connectivity index (χ4n) is 4.32. The molecule has 4 rings (SSSR count). The second-order valence-corrected chi connectivity index (χ2v) is 7.86. The van der Waals surface area contributed by atoms with Gasteiger partial charge in [0.15, 0.2) is 0 Å². The number of rotatable bonds is 3. The van der Waals surface area contributed by atoms with Crippen molar-refractivity contribution in [2.75, 3.05) is 13.1 Å². The maximum atomic E-state index is 12.5. The summed E-state index contributed by atoms with van der Waals surface area (Å²) in [6, 6.07) is 20.0. The summed E-state index contributed by atoms with van der Waals surface area (Å²) in [6.07, 6.45) is 5.88. The fraction of sp³-hybridized carbons (Fsp3) is 0.375. The second kappa shape index (κ2) is 8.29. The largest absolute Gasteiger partial charge is 0.393 e. The van der Waals surface area contributed by atoms with Crippen LogP contribution in [0.5, 0.6) is 0 Å². The summed E-state index contributed by atoms with van der Waals surface area (Å²) < 4.78 is 6.51. The third kappa shape index (κ3) is 4.34. The molecule has 146 valence electrons. The van der Waals surface area contributed by atoms with Gasteiger partial charge in [-0.25, -0.2) is 0 Å². The Hall–Kier alpha value is -2.43. The highest BCUT2D eigenvalue weighted by Gasteiger charge is 2.44. The molecule has 4 heteroatoms. The summed E-state index contributed by atoms with van der Waals surface area (Å²) in [5.41, 5.74) is 1.80. The van der Waals surface area contributed by atoms with Gasteiger partial charge in [-0.15, -0.1) is 0 Å². The minimum absolute atomic E-state index is 0.0367. The standard InChI is InChI=1S/C24H27NO3/c26-21-17-22(20-9-5-2-6-10-20)28-24(18-21)13-15-25(16-14-24)23(27)12-11-19-7-3-1-4-8-19/h1-12,21-22,26H,13-18H2/b12-11+/t21-,22+/m0/s1. The number of likely N-dealkylation sites (tertiary alicyclic amines) is 1. The lowest BCUT2D eigenvalue weighted by atomic mass is 9.81. The first-order valence-corrected chi connectivity index (χ1v) is 10.1. The van der Waals surface area contributed by atoms with E-state index in [1.54, 1.807) is 6.08 Å². The molecular weight excluding hydrogens is 350 g/mol. The Morgan fingerprint density at radius 3 is 2.36 bits per heavy atom. The third-order valence-corrected chi connectivity index (χ3v) is 5.86. The molecule has 2 fully saturated rings. The lowest BCUT2D eigenvalue weighted by molar-refractivity contribution is -0.185. The van der Waals surface area contributed by atoms with Crippen LogP contribution in [0.2, 0.25) is 0 Å². The van der Waals surface area contributed by atoms with Gasteiger partial charge in [-0.3, -0.25) is 4.79 Å². The average molecular weight is 377 g/mol. The van der Waals surface area contributed by atoms with E-state index in [9.17, 15) is 9.90 Å². The van der Waals surface area contributed by atoms with Crippen LogP contribution in [0.4, 0.5) is 0 Å². The molecule has 2 atom stereocenters. The number of benzene rings is 2. The zero-order chi connectivity index (χ0) is 19.4. The quantitative estimate of drug-likeness (QED) is 0.824. The summed E-state index contributed by atoms with van der Waals surface area (Å²) in [5, 5.41) is 10.5. The summed E-state index contributed by atoms with van der Waals surface area (Å²) in [5.74, 6) is 0.0367. The number of hydrogen-bond acceptors (Lipinski definition) is 3. The van der Waals surface area contributed by atoms with Crippen molar-refractivity contribution >= 4 is 12.0 Å². The topological polar surface area (TPSA) is 49.8 Å². The monoisotopic (exact) mass is 377 g/mol. The van der Waals surface area contributed by atoms with E-state index < -0.39 is 0 Å². The van der Waals surface area contributed by atoms with Crippen LogP contribution >= 0.6 is 0 Å². The van der Waals surface area contributed by atoms with Crippen molar-refractivity contribution in [1.82, 2.24) is 4.90 Å². The molecular formula is C24H27NO3. The zero-order valence-electron chi connectivity index (χ0n) is 16.0. The van der Waals surface area contributed by atoms with Gasteiger partial charge in [0.25, 0.3) is 0 Å². The van der Waals surface area contributed by atoms with Crippen molar-refractivity contribution in [3.8, 4) is 0 Å². The number of amides is 1. The molecule has 1 spiro atoms. The van der Waals surface area contributed by atoms with E-state index in [4.69, 9.17) is 4.74 Å². The molecule has 28 heavy (non-hydrogen) atoms. The Bertz CT molecular complexity index is 810. The van der Waals surface area contributed by atoms with E-state index in [-0.39, 0.29) is 23.7 Å². The summed E-state index contributed by atoms with van der Waals surface area (Å²) >= 11 is 0. The number of aliphatic hydroxyl groups excluding tert-OH is 1. The summed E-state index contributed by atoms with van der Waals surface area (Å²) in [4.78, 5) is 14.4. The first-order chi connectivity index (χ1) is 13.6. The molecule has 0 bridgehead atoms. The number of aliphatic hydroxyl groups is 1. The molecule has 2 aliphatic heterocycles. The molecule has 1 amide bonds. The van der Waals surface area contributed by atoms with Gasteiger partial charge in [-0.05, 0) is 30.0 Å². The van der Waals surface area contributed by atoms with Crippen LogP contribution in [0, 0.1) is 0 Å². The van der Waals surface area contributed by atoms with Crippen molar-refractivity contribution < 1.29 is 14.6 Å². The van der Waals surface area contributed by atoms with Crippen molar-refractivity contribution in [2.45, 2.75) is 43.5 Å². The number of ether oxygens (including phenoxy) is 1. The van der Waals surface area contributed by atoms with Crippen molar-refractivity contribution in [2.24, 2.45) is 0 Å². The molecule has 2 saturated heterocycles. The van der Waals surface area contributed by atoms with Gasteiger partial charge in [0.1, 0.15) is 0 Å². The first-order valence-electron chi connectivity index (χ1n) is 10.1. The summed E-state index contributed by atoms with van der Waals surface area (Å²) in [7, 11) is 0. The van der Waals surface area contributed by atoms with Crippen LogP contribution in [0.15, 0.2) is 66.7 Å². The maximum absolute atomic E-state index is 12.5. The molecule has 0 aromatic heterocycles. The molecule has 2 aromatic rings. The van der Waals surface area contributed by atoms with Gasteiger partial charge in [0.2, 0.25) is 5.91 Å². The SMILES string of the molecule is O=C(/C=C/c1ccccc1)N1CCC2(CC1)C[C@@H](O)C[C@H](c1ccccc1)O2. The second-order valence-electron chi connectivity index (χ2n) is 7.86. The Kier molecular flexibility index (Phi) is 5.60. The molecule has 2 aromatic carbocycles. The van der Waals surface area contributed by atoms with E-state index >= 15 is 0 Å². The molecule has 0 unspecified atom stereocenters. The van der Waals surface area contributed by atoms with Crippen LogP contribution in [-0.4, -0.2) is 40.7 Å². The minimum Gasteiger partial charge on any atom is -0.393 e. The normalized spacial score (nSPS) is 24.5. The Labute approximate surface area is 166 Å². The molecule has 2 aliphatic rings. The Morgan fingerprint density at radius 1 is 1.04 bits per heavy atom. The van der Waals surface area contributed by atoms with E-state index in [0.717, 1.165) is 24.0 Å². The molecule has 0 aliphatic carbocycles. The first kappa shape index (κ1) is 18.9. The number of hydrogen-bond donors (Lipinski definition) is 1. The van der Waals surface area contributed by atoms with Crippen LogP contribution in [0.25, 0.3) is 6.08 Å². The van der Waals surface area contributed by atoms with Crippen LogP contribution in [0.3, 0.4) is 0 Å². The van der Waals surface area contributed by atoms with Gasteiger partial charge in [0.05, 0.1) is 17.8 Å². The highest BCUT2D eigenvalue weighted by atomic mass is 16.5. The van der Waals surface area contributed by atoms with Crippen LogP contribution in [-0.2, 0) is 9.53 Å². The Morgan fingerprint density at radius 2 is 1.68 bits per heavy atom. The van der Waals surface area contributed by atoms with Gasteiger partial charge in [-0.1, -0.05) is 60.7 Å². The van der Waals surface area contributed by atoms with Gasteiger partial charge in [0, 0.05) is 32.0 Å². The highest BCUT2D eigenvalue weighted by molar-refractivity contribution is 5.91. The fourth-order valence-corrected chi connectivity index (χ4v) is 4.32.